The molecule has 7 atom stereocenters. The van der Waals surface area contributed by atoms with Crippen molar-refractivity contribution in [2.75, 3.05) is 13.2 Å². The van der Waals surface area contributed by atoms with Gasteiger partial charge in [0, 0.05) is 11.8 Å². The zero-order chi connectivity index (χ0) is 18.2. The fourth-order valence-corrected chi connectivity index (χ4v) is 8.23. The molecule has 0 radical (unpaired) electrons. The lowest BCUT2D eigenvalue weighted by Crippen LogP contribution is -2.58. The van der Waals surface area contributed by atoms with Gasteiger partial charge in [0.25, 0.3) is 0 Å². The summed E-state index contributed by atoms with van der Waals surface area (Å²) in [6.07, 6.45) is 9.51. The fraction of sp³-hybridized carbons (Fsp3) is 0.955. The number of ether oxygens (including phenoxy) is 2. The number of fused-ring (bicyclic) bond motifs is 6. The van der Waals surface area contributed by atoms with Crippen LogP contribution in [0.5, 0.6) is 0 Å². The lowest BCUT2D eigenvalue weighted by atomic mass is 9.44. The van der Waals surface area contributed by atoms with Crippen LogP contribution in [0.15, 0.2) is 0 Å². The lowest BCUT2D eigenvalue weighted by Gasteiger charge is -2.61. The molecule has 4 nitrogen and oxygen atoms in total. The van der Waals surface area contributed by atoms with Crippen LogP contribution in [0.25, 0.3) is 0 Å². The predicted molar refractivity (Wildman–Crippen MR) is 96.9 cm³/mol. The number of rotatable bonds is 0. The molecule has 1 saturated heterocycles. The largest absolute Gasteiger partial charge is 0.375 e. The third-order valence-electron chi connectivity index (χ3n) is 9.73. The summed E-state index contributed by atoms with van der Waals surface area (Å²) in [6, 6.07) is 2.20. The Morgan fingerprint density at radius 2 is 1.65 bits per heavy atom. The number of hydrogen-bond acceptors (Lipinski definition) is 4. The summed E-state index contributed by atoms with van der Waals surface area (Å²) >= 11 is 0. The van der Waals surface area contributed by atoms with Crippen molar-refractivity contribution < 1.29 is 14.6 Å². The van der Waals surface area contributed by atoms with Gasteiger partial charge in [-0.25, -0.2) is 0 Å². The zero-order valence-electron chi connectivity index (χ0n) is 16.3. The van der Waals surface area contributed by atoms with Gasteiger partial charge in [0.2, 0.25) is 0 Å². The normalized spacial score (nSPS) is 55.0. The lowest BCUT2D eigenvalue weighted by molar-refractivity contribution is -0.248. The summed E-state index contributed by atoms with van der Waals surface area (Å²) in [5, 5.41) is 20.0. The second-order valence-electron chi connectivity index (χ2n) is 10.4. The van der Waals surface area contributed by atoms with E-state index in [0.717, 1.165) is 37.9 Å². The third kappa shape index (κ3) is 2.06. The molecule has 1 heterocycles. The van der Waals surface area contributed by atoms with Gasteiger partial charge in [0.1, 0.15) is 0 Å². The second kappa shape index (κ2) is 5.46. The first-order valence-corrected chi connectivity index (χ1v) is 10.8. The van der Waals surface area contributed by atoms with Crippen LogP contribution < -0.4 is 0 Å². The molecular weight excluding hydrogens is 326 g/mol. The average molecular weight is 360 g/mol. The van der Waals surface area contributed by atoms with E-state index in [0.29, 0.717) is 30.1 Å². The van der Waals surface area contributed by atoms with Gasteiger partial charge >= 0.3 is 0 Å². The van der Waals surface area contributed by atoms with Gasteiger partial charge in [-0.05, 0) is 80.5 Å². The smallest absolute Gasteiger partial charge is 0.174 e. The molecule has 1 aliphatic heterocycles. The molecular formula is C22H33NO3. The van der Waals surface area contributed by atoms with Crippen LogP contribution in [-0.4, -0.2) is 29.7 Å². The number of aliphatic hydroxyl groups is 1. The third-order valence-corrected chi connectivity index (χ3v) is 9.73. The highest BCUT2D eigenvalue weighted by molar-refractivity contribution is 5.15. The molecule has 0 amide bonds. The molecule has 5 rings (SSSR count). The Morgan fingerprint density at radius 3 is 2.38 bits per heavy atom. The van der Waals surface area contributed by atoms with Gasteiger partial charge in [0.05, 0.1) is 19.3 Å². The van der Waals surface area contributed by atoms with E-state index in [1.54, 1.807) is 0 Å². The van der Waals surface area contributed by atoms with Crippen LogP contribution in [0, 0.1) is 45.8 Å². The molecule has 5 aliphatic rings. The Morgan fingerprint density at radius 1 is 0.923 bits per heavy atom. The Balaban J connectivity index is 1.43. The molecule has 1 N–H and O–H groups in total. The van der Waals surface area contributed by atoms with E-state index in [9.17, 15) is 10.4 Å². The molecule has 1 spiro atoms. The van der Waals surface area contributed by atoms with Gasteiger partial charge in [-0.2, -0.15) is 5.26 Å². The number of nitriles is 1. The maximum Gasteiger partial charge on any atom is 0.174 e. The Bertz CT molecular complexity index is 638. The minimum absolute atomic E-state index is 0.163. The summed E-state index contributed by atoms with van der Waals surface area (Å²) in [4.78, 5) is 0. The highest BCUT2D eigenvalue weighted by Gasteiger charge is 2.67. The molecule has 0 aromatic heterocycles. The maximum absolute atomic E-state index is 10.6. The minimum Gasteiger partial charge on any atom is -0.375 e. The van der Waals surface area contributed by atoms with E-state index >= 15 is 0 Å². The molecule has 144 valence electrons. The quantitative estimate of drug-likeness (QED) is 0.663. The van der Waals surface area contributed by atoms with E-state index in [-0.39, 0.29) is 11.2 Å². The van der Waals surface area contributed by atoms with Gasteiger partial charge in [-0.3, -0.25) is 0 Å². The van der Waals surface area contributed by atoms with E-state index in [1.165, 1.54) is 32.1 Å². The molecule has 0 aromatic rings. The van der Waals surface area contributed by atoms with Crippen LogP contribution in [0.1, 0.15) is 71.6 Å². The van der Waals surface area contributed by atoms with E-state index in [1.807, 2.05) is 0 Å². The van der Waals surface area contributed by atoms with Crippen LogP contribution in [0.3, 0.4) is 0 Å². The predicted octanol–water partition coefficient (Wildman–Crippen LogP) is 4.03. The van der Waals surface area contributed by atoms with E-state index in [2.05, 4.69) is 19.9 Å². The maximum atomic E-state index is 10.6. The first-order chi connectivity index (χ1) is 12.4. The second-order valence-corrected chi connectivity index (χ2v) is 10.4. The molecule has 0 aromatic carbocycles. The number of hydrogen-bond donors (Lipinski definition) is 1. The van der Waals surface area contributed by atoms with E-state index in [4.69, 9.17) is 9.47 Å². The minimum atomic E-state index is -1.08. The Hall–Kier alpha value is -0.630. The van der Waals surface area contributed by atoms with Gasteiger partial charge in [0.15, 0.2) is 11.4 Å². The Labute approximate surface area is 157 Å². The van der Waals surface area contributed by atoms with Crippen molar-refractivity contribution in [3.63, 3.8) is 0 Å². The Kier molecular flexibility index (Phi) is 3.67. The highest BCUT2D eigenvalue weighted by atomic mass is 16.7. The summed E-state index contributed by atoms with van der Waals surface area (Å²) in [6.45, 7) is 6.42. The zero-order valence-corrected chi connectivity index (χ0v) is 16.3. The van der Waals surface area contributed by atoms with Gasteiger partial charge < -0.3 is 14.6 Å². The molecule has 4 heteroatoms. The summed E-state index contributed by atoms with van der Waals surface area (Å²) in [5.41, 5.74) is -0.625. The first kappa shape index (κ1) is 17.5. The van der Waals surface area contributed by atoms with Crippen LogP contribution in [0.2, 0.25) is 0 Å². The molecule has 0 unspecified atom stereocenters. The molecule has 4 saturated carbocycles. The van der Waals surface area contributed by atoms with E-state index < -0.39 is 5.60 Å². The van der Waals surface area contributed by atoms with Crippen molar-refractivity contribution in [2.24, 2.45) is 34.5 Å². The SMILES string of the molecule is C[C@@]12CC[C@@](O)(C#N)C[C@@H]1CC[C@H]1[C@H]3CCC4(OCCO4)[C@]3(C)CC[C@@H]12. The molecule has 4 aliphatic carbocycles. The fourth-order valence-electron chi connectivity index (χ4n) is 8.23. The van der Waals surface area contributed by atoms with Crippen molar-refractivity contribution in [3.8, 4) is 6.07 Å². The summed E-state index contributed by atoms with van der Waals surface area (Å²) in [7, 11) is 0. The van der Waals surface area contributed by atoms with Gasteiger partial charge in [-0.15, -0.1) is 0 Å². The molecule has 0 bridgehead atoms. The standard InChI is InChI=1S/C22H33NO3/c1-19-9-10-21(24,14-23)13-15(19)3-4-16-17(19)5-7-20(2)18(16)6-8-22(20)25-11-12-26-22/h15-18,24H,3-13H2,1-2H3/t15-,16+,17-,18+,19+,20+,21-/m0/s1. The van der Waals surface area contributed by atoms with Crippen molar-refractivity contribution in [3.05, 3.63) is 0 Å². The first-order valence-electron chi connectivity index (χ1n) is 10.8. The summed E-state index contributed by atoms with van der Waals surface area (Å²) < 4.78 is 12.5. The van der Waals surface area contributed by atoms with Crippen molar-refractivity contribution in [1.82, 2.24) is 0 Å². The summed E-state index contributed by atoms with van der Waals surface area (Å²) in [5.74, 6) is 2.39. The van der Waals surface area contributed by atoms with Gasteiger partial charge in [-0.1, -0.05) is 13.8 Å². The van der Waals surface area contributed by atoms with Crippen molar-refractivity contribution >= 4 is 0 Å². The molecule has 26 heavy (non-hydrogen) atoms. The topological polar surface area (TPSA) is 62.5 Å². The van der Waals surface area contributed by atoms with Crippen LogP contribution in [0.4, 0.5) is 0 Å². The van der Waals surface area contributed by atoms with Crippen molar-refractivity contribution in [2.45, 2.75) is 83.0 Å². The number of nitrogens with zero attached hydrogens (tertiary/aromatic N) is 1. The van der Waals surface area contributed by atoms with Crippen LogP contribution >= 0.6 is 0 Å². The average Bonchev–Trinajstić information content (AvgIpc) is 3.22. The molecule has 5 fully saturated rings. The van der Waals surface area contributed by atoms with Crippen LogP contribution in [-0.2, 0) is 9.47 Å². The van der Waals surface area contributed by atoms with Crippen molar-refractivity contribution in [1.29, 1.82) is 5.26 Å². The highest BCUT2D eigenvalue weighted by Crippen LogP contribution is 2.69. The monoisotopic (exact) mass is 359 g/mol.